The van der Waals surface area contributed by atoms with Crippen LogP contribution in [0.5, 0.6) is 0 Å². The monoisotopic (exact) mass is 324 g/mol. The third-order valence-electron chi connectivity index (χ3n) is 4.24. The van der Waals surface area contributed by atoms with Crippen molar-refractivity contribution in [3.8, 4) is 0 Å². The highest BCUT2D eigenvalue weighted by atomic mass is 35.5. The molecule has 1 amide bonds. The van der Waals surface area contributed by atoms with Crippen molar-refractivity contribution in [3.05, 3.63) is 34.9 Å². The fraction of sp³-hybridized carbons (Fsp3) is 0.588. The van der Waals surface area contributed by atoms with Gasteiger partial charge in [-0.05, 0) is 56.3 Å². The average molecular weight is 325 g/mol. The highest BCUT2D eigenvalue weighted by Crippen LogP contribution is 2.19. The van der Waals surface area contributed by atoms with Gasteiger partial charge in [-0.15, -0.1) is 0 Å². The van der Waals surface area contributed by atoms with Gasteiger partial charge in [0.05, 0.1) is 12.6 Å². The molecule has 1 saturated heterocycles. The second-order valence-electron chi connectivity index (χ2n) is 6.10. The molecular weight excluding hydrogens is 300 g/mol. The van der Waals surface area contributed by atoms with Gasteiger partial charge in [0.15, 0.2) is 0 Å². The van der Waals surface area contributed by atoms with E-state index in [0.717, 1.165) is 42.9 Å². The minimum absolute atomic E-state index is 0.0557. The van der Waals surface area contributed by atoms with Crippen LogP contribution < -0.4 is 5.32 Å². The molecule has 122 valence electrons. The summed E-state index contributed by atoms with van der Waals surface area (Å²) >= 11 is 5.85. The lowest BCUT2D eigenvalue weighted by molar-refractivity contribution is -0.122. The smallest absolute Gasteiger partial charge is 0.234 e. The molecule has 5 heteroatoms. The number of halogens is 1. The number of likely N-dealkylation sites (tertiary alicyclic amines) is 1. The molecule has 0 aliphatic carbocycles. The molecule has 1 aromatic rings. The molecule has 1 fully saturated rings. The quantitative estimate of drug-likeness (QED) is 0.842. The molecule has 2 rings (SSSR count). The van der Waals surface area contributed by atoms with Gasteiger partial charge in [-0.3, -0.25) is 9.69 Å². The van der Waals surface area contributed by atoms with Crippen molar-refractivity contribution in [1.82, 2.24) is 10.2 Å². The zero-order valence-corrected chi connectivity index (χ0v) is 13.9. The number of aliphatic hydroxyl groups is 1. The van der Waals surface area contributed by atoms with Crippen LogP contribution in [0.25, 0.3) is 0 Å². The van der Waals surface area contributed by atoms with Crippen molar-refractivity contribution in [2.75, 3.05) is 26.2 Å². The predicted octanol–water partition coefficient (Wildman–Crippen LogP) is 2.09. The Labute approximate surface area is 137 Å². The number of nitrogens with one attached hydrogen (secondary N) is 1. The van der Waals surface area contributed by atoms with E-state index in [-0.39, 0.29) is 17.9 Å². The van der Waals surface area contributed by atoms with Crippen LogP contribution in [0.1, 0.15) is 25.3 Å². The average Bonchev–Trinajstić information content (AvgIpc) is 2.49. The third kappa shape index (κ3) is 5.59. The lowest BCUT2D eigenvalue weighted by Crippen LogP contribution is -2.44. The molecule has 2 atom stereocenters. The summed E-state index contributed by atoms with van der Waals surface area (Å²) < 4.78 is 0. The van der Waals surface area contributed by atoms with E-state index in [0.29, 0.717) is 13.1 Å². The van der Waals surface area contributed by atoms with Gasteiger partial charge in [0, 0.05) is 18.1 Å². The molecule has 4 nitrogen and oxygen atoms in total. The maximum absolute atomic E-state index is 12.0. The van der Waals surface area contributed by atoms with Crippen LogP contribution in [-0.2, 0) is 11.2 Å². The van der Waals surface area contributed by atoms with Crippen molar-refractivity contribution in [2.45, 2.75) is 32.3 Å². The summed E-state index contributed by atoms with van der Waals surface area (Å²) in [7, 11) is 0. The summed E-state index contributed by atoms with van der Waals surface area (Å²) in [6.07, 6.45) is 2.61. The first-order valence-corrected chi connectivity index (χ1v) is 8.34. The molecule has 2 N–H and O–H groups in total. The predicted molar refractivity (Wildman–Crippen MR) is 89.0 cm³/mol. The van der Waals surface area contributed by atoms with E-state index in [1.807, 2.05) is 31.2 Å². The summed E-state index contributed by atoms with van der Waals surface area (Å²) in [6.45, 7) is 4.63. The number of carbonyl (C=O) groups is 1. The second-order valence-corrected chi connectivity index (χ2v) is 6.54. The summed E-state index contributed by atoms with van der Waals surface area (Å²) in [5.74, 6) is 0.343. The molecule has 22 heavy (non-hydrogen) atoms. The lowest BCUT2D eigenvalue weighted by Gasteiger charge is -2.33. The summed E-state index contributed by atoms with van der Waals surface area (Å²) in [5, 5.41) is 13.4. The van der Waals surface area contributed by atoms with Gasteiger partial charge in [0.1, 0.15) is 0 Å². The molecule has 1 heterocycles. The Bertz CT molecular complexity index is 476. The van der Waals surface area contributed by atoms with Crippen LogP contribution in [0.15, 0.2) is 24.3 Å². The number of benzene rings is 1. The van der Waals surface area contributed by atoms with Gasteiger partial charge < -0.3 is 10.4 Å². The minimum Gasteiger partial charge on any atom is -0.393 e. The first kappa shape index (κ1) is 17.3. The van der Waals surface area contributed by atoms with Gasteiger partial charge in [-0.1, -0.05) is 23.7 Å². The van der Waals surface area contributed by atoms with Crippen molar-refractivity contribution >= 4 is 17.5 Å². The SMILES string of the molecule is CC(O)C1CCCN(CC(=O)NCCc2ccc(Cl)cc2)C1. The van der Waals surface area contributed by atoms with Crippen LogP contribution in [0.2, 0.25) is 5.02 Å². The van der Waals surface area contributed by atoms with E-state index in [1.165, 1.54) is 0 Å². The van der Waals surface area contributed by atoms with E-state index in [9.17, 15) is 9.90 Å². The normalized spacial score (nSPS) is 20.6. The first-order valence-electron chi connectivity index (χ1n) is 7.96. The number of aliphatic hydroxyl groups excluding tert-OH is 1. The van der Waals surface area contributed by atoms with Crippen LogP contribution >= 0.6 is 11.6 Å². The Morgan fingerprint density at radius 1 is 1.45 bits per heavy atom. The number of amides is 1. The highest BCUT2D eigenvalue weighted by molar-refractivity contribution is 6.30. The van der Waals surface area contributed by atoms with Crippen molar-refractivity contribution in [2.24, 2.45) is 5.92 Å². The van der Waals surface area contributed by atoms with E-state index in [4.69, 9.17) is 11.6 Å². The molecule has 0 spiro atoms. The maximum Gasteiger partial charge on any atom is 0.234 e. The molecule has 0 saturated carbocycles. The van der Waals surface area contributed by atoms with Crippen molar-refractivity contribution in [1.29, 1.82) is 0 Å². The molecule has 0 aromatic heterocycles. The van der Waals surface area contributed by atoms with Crippen LogP contribution in [0.4, 0.5) is 0 Å². The van der Waals surface area contributed by atoms with Gasteiger partial charge in [0.25, 0.3) is 0 Å². The summed E-state index contributed by atoms with van der Waals surface area (Å²) in [4.78, 5) is 14.1. The number of carbonyl (C=O) groups excluding carboxylic acids is 1. The lowest BCUT2D eigenvalue weighted by atomic mass is 9.93. The van der Waals surface area contributed by atoms with Crippen LogP contribution in [-0.4, -0.2) is 48.2 Å². The number of hydrogen-bond donors (Lipinski definition) is 2. The van der Waals surface area contributed by atoms with E-state index < -0.39 is 0 Å². The van der Waals surface area contributed by atoms with E-state index in [1.54, 1.807) is 0 Å². The molecule has 0 bridgehead atoms. The highest BCUT2D eigenvalue weighted by Gasteiger charge is 2.24. The minimum atomic E-state index is -0.296. The largest absolute Gasteiger partial charge is 0.393 e. The van der Waals surface area contributed by atoms with Crippen molar-refractivity contribution < 1.29 is 9.90 Å². The van der Waals surface area contributed by atoms with Gasteiger partial charge in [0.2, 0.25) is 5.91 Å². The maximum atomic E-state index is 12.0. The summed E-state index contributed by atoms with van der Waals surface area (Å²) in [6, 6.07) is 7.68. The van der Waals surface area contributed by atoms with Crippen LogP contribution in [0.3, 0.4) is 0 Å². The third-order valence-corrected chi connectivity index (χ3v) is 4.49. The zero-order valence-electron chi connectivity index (χ0n) is 13.1. The zero-order chi connectivity index (χ0) is 15.9. The van der Waals surface area contributed by atoms with Gasteiger partial charge in [-0.2, -0.15) is 0 Å². The number of rotatable bonds is 6. The summed E-state index contributed by atoms with van der Waals surface area (Å²) in [5.41, 5.74) is 1.16. The number of hydrogen-bond acceptors (Lipinski definition) is 3. The molecule has 2 unspecified atom stereocenters. The Morgan fingerprint density at radius 3 is 2.86 bits per heavy atom. The second kappa shape index (κ2) is 8.51. The molecule has 1 aromatic carbocycles. The first-order chi connectivity index (χ1) is 10.5. The van der Waals surface area contributed by atoms with Gasteiger partial charge in [-0.25, -0.2) is 0 Å². The number of nitrogens with zero attached hydrogens (tertiary/aromatic N) is 1. The van der Waals surface area contributed by atoms with E-state index in [2.05, 4.69) is 10.2 Å². The molecule has 1 aliphatic rings. The van der Waals surface area contributed by atoms with Crippen molar-refractivity contribution in [3.63, 3.8) is 0 Å². The molecule has 0 radical (unpaired) electrons. The number of piperidine rings is 1. The Hall–Kier alpha value is -1.10. The molecule has 1 aliphatic heterocycles. The Kier molecular flexibility index (Phi) is 6.68. The van der Waals surface area contributed by atoms with E-state index >= 15 is 0 Å². The molecular formula is C17H25ClN2O2. The standard InChI is InChI=1S/C17H25ClN2O2/c1-13(21)15-3-2-10-20(11-15)12-17(22)19-9-8-14-4-6-16(18)7-5-14/h4-7,13,15,21H,2-3,8-12H2,1H3,(H,19,22). The Morgan fingerprint density at radius 2 is 2.18 bits per heavy atom. The Balaban J connectivity index is 1.68. The topological polar surface area (TPSA) is 52.6 Å². The van der Waals surface area contributed by atoms with Crippen LogP contribution in [0, 0.1) is 5.92 Å². The fourth-order valence-electron chi connectivity index (χ4n) is 2.88. The fourth-order valence-corrected chi connectivity index (χ4v) is 3.01. The van der Waals surface area contributed by atoms with Gasteiger partial charge >= 0.3 is 0 Å².